The Kier molecular flexibility index (Phi) is 4.98. The van der Waals surface area contributed by atoms with Crippen molar-refractivity contribution in [3.05, 3.63) is 30.5 Å². The molecule has 1 unspecified atom stereocenters. The predicted octanol–water partition coefficient (Wildman–Crippen LogP) is 2.21. The molecular weight excluding hydrogens is 266 g/mol. The first-order valence-corrected chi connectivity index (χ1v) is 7.15. The number of carbonyl (C=O) groups excluding carboxylic acids is 1. The number of hydrogen-bond donors (Lipinski definition) is 2. The number of nitrogens with two attached hydrogens (primary N) is 1. The standard InChI is InChI=1S/C16H23N3O2/c1-11(2)9-19-7-6-12-8-13(4-5-15(12)19)18-16(20)14(17)10-21-3/h4-8,11,14H,9-10,17H2,1-3H3,(H,18,20). The minimum Gasteiger partial charge on any atom is -0.383 e. The van der Waals surface area contributed by atoms with Crippen LogP contribution in [0.15, 0.2) is 30.5 Å². The molecular formula is C16H23N3O2. The Morgan fingerprint density at radius 1 is 1.38 bits per heavy atom. The molecule has 0 aliphatic carbocycles. The smallest absolute Gasteiger partial charge is 0.243 e. The number of hydrogen-bond acceptors (Lipinski definition) is 3. The molecule has 1 aromatic heterocycles. The van der Waals surface area contributed by atoms with E-state index in [4.69, 9.17) is 10.5 Å². The molecule has 0 aliphatic rings. The van der Waals surface area contributed by atoms with Gasteiger partial charge in [0.2, 0.25) is 5.91 Å². The maximum absolute atomic E-state index is 11.9. The summed E-state index contributed by atoms with van der Waals surface area (Å²) in [5.41, 5.74) is 7.63. The Hall–Kier alpha value is -1.85. The summed E-state index contributed by atoms with van der Waals surface area (Å²) < 4.78 is 7.11. The maximum Gasteiger partial charge on any atom is 0.243 e. The summed E-state index contributed by atoms with van der Waals surface area (Å²) in [6.45, 7) is 5.57. The van der Waals surface area contributed by atoms with E-state index in [0.717, 1.165) is 17.6 Å². The second-order valence-electron chi connectivity index (χ2n) is 5.69. The molecule has 21 heavy (non-hydrogen) atoms. The molecule has 1 aromatic carbocycles. The monoisotopic (exact) mass is 289 g/mol. The molecule has 2 rings (SSSR count). The number of carbonyl (C=O) groups is 1. The number of ether oxygens (including phenoxy) is 1. The van der Waals surface area contributed by atoms with Gasteiger partial charge in [-0.25, -0.2) is 0 Å². The van der Waals surface area contributed by atoms with Gasteiger partial charge in [-0.3, -0.25) is 4.79 Å². The summed E-state index contributed by atoms with van der Waals surface area (Å²) in [7, 11) is 1.52. The van der Waals surface area contributed by atoms with Gasteiger partial charge >= 0.3 is 0 Å². The van der Waals surface area contributed by atoms with Crippen LogP contribution in [0.1, 0.15) is 13.8 Å². The summed E-state index contributed by atoms with van der Waals surface area (Å²) in [5.74, 6) is 0.352. The van der Waals surface area contributed by atoms with Gasteiger partial charge in [-0.1, -0.05) is 13.8 Å². The molecule has 0 saturated heterocycles. The lowest BCUT2D eigenvalue weighted by molar-refractivity contribution is -0.118. The lowest BCUT2D eigenvalue weighted by Gasteiger charge is -2.12. The summed E-state index contributed by atoms with van der Waals surface area (Å²) in [5, 5.41) is 3.92. The van der Waals surface area contributed by atoms with Crippen molar-refractivity contribution in [3.63, 3.8) is 0 Å². The van der Waals surface area contributed by atoms with Crippen LogP contribution in [0, 0.1) is 5.92 Å². The third-order valence-electron chi connectivity index (χ3n) is 3.28. The Morgan fingerprint density at radius 3 is 2.81 bits per heavy atom. The van der Waals surface area contributed by atoms with Crippen molar-refractivity contribution in [1.82, 2.24) is 4.57 Å². The van der Waals surface area contributed by atoms with E-state index in [-0.39, 0.29) is 12.5 Å². The summed E-state index contributed by atoms with van der Waals surface area (Å²) in [4.78, 5) is 11.9. The van der Waals surface area contributed by atoms with Crippen molar-refractivity contribution < 1.29 is 9.53 Å². The Balaban J connectivity index is 2.14. The van der Waals surface area contributed by atoms with E-state index in [9.17, 15) is 4.79 Å². The molecule has 1 heterocycles. The molecule has 3 N–H and O–H groups in total. The van der Waals surface area contributed by atoms with Crippen molar-refractivity contribution in [3.8, 4) is 0 Å². The molecule has 5 heteroatoms. The second-order valence-corrected chi connectivity index (χ2v) is 5.69. The molecule has 0 spiro atoms. The van der Waals surface area contributed by atoms with Crippen LogP contribution in [0.5, 0.6) is 0 Å². The predicted molar refractivity (Wildman–Crippen MR) is 85.3 cm³/mol. The van der Waals surface area contributed by atoms with E-state index in [0.29, 0.717) is 5.92 Å². The van der Waals surface area contributed by atoms with E-state index < -0.39 is 6.04 Å². The van der Waals surface area contributed by atoms with Gasteiger partial charge in [-0.15, -0.1) is 0 Å². The molecule has 0 saturated carbocycles. The topological polar surface area (TPSA) is 69.3 Å². The number of aromatic nitrogens is 1. The quantitative estimate of drug-likeness (QED) is 0.856. The van der Waals surface area contributed by atoms with Gasteiger partial charge in [0.25, 0.3) is 0 Å². The Bertz CT molecular complexity index is 619. The third-order valence-corrected chi connectivity index (χ3v) is 3.28. The van der Waals surface area contributed by atoms with Crippen LogP contribution in [-0.2, 0) is 16.1 Å². The zero-order chi connectivity index (χ0) is 15.4. The molecule has 5 nitrogen and oxygen atoms in total. The number of fused-ring (bicyclic) bond motifs is 1. The summed E-state index contributed by atoms with van der Waals surface area (Å²) >= 11 is 0. The van der Waals surface area contributed by atoms with Gasteiger partial charge in [0, 0.05) is 36.4 Å². The molecule has 0 aliphatic heterocycles. The van der Waals surface area contributed by atoms with Gasteiger partial charge < -0.3 is 20.4 Å². The fourth-order valence-electron chi connectivity index (χ4n) is 2.32. The average molecular weight is 289 g/mol. The third kappa shape index (κ3) is 3.83. The van der Waals surface area contributed by atoms with Crippen molar-refractivity contribution in [1.29, 1.82) is 0 Å². The largest absolute Gasteiger partial charge is 0.383 e. The Labute approximate surface area is 125 Å². The lowest BCUT2D eigenvalue weighted by atomic mass is 10.2. The highest BCUT2D eigenvalue weighted by Crippen LogP contribution is 2.21. The van der Waals surface area contributed by atoms with Crippen molar-refractivity contribution in [2.45, 2.75) is 26.4 Å². The van der Waals surface area contributed by atoms with Gasteiger partial charge in [0.15, 0.2) is 0 Å². The first-order valence-electron chi connectivity index (χ1n) is 7.15. The Morgan fingerprint density at radius 2 is 2.14 bits per heavy atom. The average Bonchev–Trinajstić information content (AvgIpc) is 2.81. The van der Waals surface area contributed by atoms with Crippen LogP contribution >= 0.6 is 0 Å². The highest BCUT2D eigenvalue weighted by Gasteiger charge is 2.13. The molecule has 0 radical (unpaired) electrons. The van der Waals surface area contributed by atoms with E-state index in [1.165, 1.54) is 12.6 Å². The molecule has 0 bridgehead atoms. The van der Waals surface area contributed by atoms with Crippen molar-refractivity contribution in [2.24, 2.45) is 11.7 Å². The van der Waals surface area contributed by atoms with E-state index in [1.54, 1.807) is 0 Å². The van der Waals surface area contributed by atoms with E-state index >= 15 is 0 Å². The number of amides is 1. The van der Waals surface area contributed by atoms with Crippen molar-refractivity contribution >= 4 is 22.5 Å². The first kappa shape index (κ1) is 15.5. The SMILES string of the molecule is COCC(N)C(=O)Nc1ccc2c(ccn2CC(C)C)c1. The van der Waals surface area contributed by atoms with Gasteiger partial charge in [-0.05, 0) is 30.2 Å². The van der Waals surface area contributed by atoms with Crippen LogP contribution in [0.2, 0.25) is 0 Å². The number of nitrogens with zero attached hydrogens (tertiary/aromatic N) is 1. The normalized spacial score (nSPS) is 12.8. The molecule has 0 fully saturated rings. The zero-order valence-corrected chi connectivity index (χ0v) is 12.8. The van der Waals surface area contributed by atoms with E-state index in [2.05, 4.69) is 36.0 Å². The number of benzene rings is 1. The highest BCUT2D eigenvalue weighted by atomic mass is 16.5. The first-order chi connectivity index (χ1) is 10.0. The van der Waals surface area contributed by atoms with Gasteiger partial charge in [-0.2, -0.15) is 0 Å². The summed E-state index contributed by atoms with van der Waals surface area (Å²) in [6, 6.07) is 7.29. The number of methoxy groups -OCH3 is 1. The molecule has 1 atom stereocenters. The minimum atomic E-state index is -0.656. The van der Waals surface area contributed by atoms with Crippen LogP contribution in [0.25, 0.3) is 10.9 Å². The molecule has 114 valence electrons. The fourth-order valence-corrected chi connectivity index (χ4v) is 2.32. The molecule has 2 aromatic rings. The maximum atomic E-state index is 11.9. The van der Waals surface area contributed by atoms with Crippen LogP contribution in [0.3, 0.4) is 0 Å². The van der Waals surface area contributed by atoms with Crippen LogP contribution in [0.4, 0.5) is 5.69 Å². The fraction of sp³-hybridized carbons (Fsp3) is 0.438. The van der Waals surface area contributed by atoms with Crippen LogP contribution in [-0.4, -0.2) is 30.2 Å². The van der Waals surface area contributed by atoms with Gasteiger partial charge in [0.05, 0.1) is 6.61 Å². The second kappa shape index (κ2) is 6.74. The van der Waals surface area contributed by atoms with Crippen molar-refractivity contribution in [2.75, 3.05) is 19.0 Å². The summed E-state index contributed by atoms with van der Waals surface area (Å²) in [6.07, 6.45) is 2.08. The lowest BCUT2D eigenvalue weighted by Crippen LogP contribution is -2.39. The number of anilines is 1. The van der Waals surface area contributed by atoms with Gasteiger partial charge in [0.1, 0.15) is 6.04 Å². The van der Waals surface area contributed by atoms with E-state index in [1.807, 2.05) is 18.2 Å². The minimum absolute atomic E-state index is 0.207. The van der Waals surface area contributed by atoms with Crippen LogP contribution < -0.4 is 11.1 Å². The molecule has 1 amide bonds. The highest BCUT2D eigenvalue weighted by molar-refractivity contribution is 5.96. The number of nitrogens with one attached hydrogen (secondary N) is 1. The number of rotatable bonds is 6. The zero-order valence-electron chi connectivity index (χ0n) is 12.8.